The Labute approximate surface area is 359 Å². The van der Waals surface area contributed by atoms with Gasteiger partial charge < -0.3 is 4.90 Å². The lowest BCUT2D eigenvalue weighted by Crippen LogP contribution is -2.28. The molecule has 0 spiro atoms. The van der Waals surface area contributed by atoms with Crippen molar-refractivity contribution in [3.05, 3.63) is 271 Å². The van der Waals surface area contributed by atoms with E-state index in [2.05, 4.69) is 181 Å². The monoisotopic (exact) mass is 768 g/mol. The first-order chi connectivity index (χ1) is 31.8. The molecule has 0 atom stereocenters. The van der Waals surface area contributed by atoms with Gasteiger partial charge in [0.25, 0.3) is 0 Å². The molecule has 11 rings (SSSR count). The Morgan fingerprint density at radius 3 is 1.45 bits per heavy atom. The predicted molar refractivity (Wildman–Crippen MR) is 252 cm³/mol. The molecule has 0 saturated heterocycles. The van der Waals surface area contributed by atoms with Crippen LogP contribution in [0.15, 0.2) is 249 Å². The molecule has 60 heavy (non-hydrogen) atoms. The summed E-state index contributed by atoms with van der Waals surface area (Å²) in [6.07, 6.45) is 0. The maximum atomic E-state index is 8.58. The average Bonchev–Trinajstić information content (AvgIpc) is 3.67. The smallest absolute Gasteiger partial charge is 0.0713 e. The third-order valence-electron chi connectivity index (χ3n) is 12.0. The lowest BCUT2D eigenvalue weighted by atomic mass is 9.67. The van der Waals surface area contributed by atoms with Crippen molar-refractivity contribution in [2.75, 3.05) is 4.90 Å². The molecule has 282 valence electrons. The van der Waals surface area contributed by atoms with E-state index in [4.69, 9.17) is 6.85 Å². The van der Waals surface area contributed by atoms with E-state index < -0.39 is 11.5 Å². The molecule has 1 heteroatoms. The summed E-state index contributed by atoms with van der Waals surface area (Å²) in [4.78, 5) is 2.19. The van der Waals surface area contributed by atoms with Gasteiger partial charge in [-0.3, -0.25) is 0 Å². The Morgan fingerprint density at radius 1 is 0.317 bits per heavy atom. The van der Waals surface area contributed by atoms with Crippen molar-refractivity contribution in [3.63, 3.8) is 0 Å². The van der Waals surface area contributed by atoms with E-state index in [0.29, 0.717) is 5.56 Å². The number of benzene rings is 10. The minimum Gasteiger partial charge on any atom is -0.310 e. The van der Waals surface area contributed by atoms with Crippen molar-refractivity contribution >= 4 is 27.8 Å². The topological polar surface area (TPSA) is 3.24 Å². The van der Waals surface area contributed by atoms with Gasteiger partial charge in [0, 0.05) is 17.1 Å². The first-order valence-corrected chi connectivity index (χ1v) is 20.3. The maximum Gasteiger partial charge on any atom is 0.0713 e. The summed E-state index contributed by atoms with van der Waals surface area (Å²) in [5, 5.41) is 2.20. The Bertz CT molecular complexity index is 3340. The molecule has 0 fully saturated rings. The van der Waals surface area contributed by atoms with Gasteiger partial charge >= 0.3 is 0 Å². The Hall–Kier alpha value is -7.74. The van der Waals surface area contributed by atoms with Crippen LogP contribution in [-0.4, -0.2) is 0 Å². The molecule has 0 N–H and O–H groups in total. The van der Waals surface area contributed by atoms with Gasteiger partial charge in [-0.05, 0) is 126 Å². The van der Waals surface area contributed by atoms with E-state index in [9.17, 15) is 0 Å². The summed E-state index contributed by atoms with van der Waals surface area (Å²) in [5.41, 5.74) is 15.1. The summed E-state index contributed by atoms with van der Waals surface area (Å²) in [6.45, 7) is 0. The Morgan fingerprint density at radius 2 is 0.783 bits per heavy atom. The number of fused-ring (bicyclic) bond motifs is 4. The molecule has 0 bridgehead atoms. The lowest BCUT2D eigenvalue weighted by Gasteiger charge is -2.34. The second kappa shape index (κ2) is 14.9. The lowest BCUT2D eigenvalue weighted by molar-refractivity contribution is 0.769. The average molecular weight is 769 g/mol. The molecule has 0 radical (unpaired) electrons. The zero-order chi connectivity index (χ0) is 44.2. The largest absolute Gasteiger partial charge is 0.310 e. The SMILES string of the molecule is [2H]c1c([2H])c([2H])c(-c2ccc(N(c3ccc(-c4ccccc4)cc3)c3ccc4cc(-c5ccc6c(c5)C(c5ccccc5)(c5ccccc5)c5ccccc5-6)ccc4c3)cc2)c([2H])c1[2H]. The zero-order valence-corrected chi connectivity index (χ0v) is 32.7. The second-order valence-corrected chi connectivity index (χ2v) is 15.3. The molecule has 0 aliphatic heterocycles. The highest BCUT2D eigenvalue weighted by Gasteiger charge is 2.46. The van der Waals surface area contributed by atoms with Crippen LogP contribution in [0, 0.1) is 0 Å². The van der Waals surface area contributed by atoms with E-state index in [1.165, 1.54) is 33.4 Å². The van der Waals surface area contributed by atoms with E-state index in [0.717, 1.165) is 50.1 Å². The molecular weight excluding hydrogens is 723 g/mol. The maximum absolute atomic E-state index is 8.58. The zero-order valence-electron chi connectivity index (χ0n) is 37.7. The molecule has 1 aliphatic carbocycles. The number of hydrogen-bond acceptors (Lipinski definition) is 1. The first kappa shape index (κ1) is 30.4. The minimum absolute atomic E-state index is 0.182. The van der Waals surface area contributed by atoms with Crippen LogP contribution in [0.1, 0.15) is 29.1 Å². The second-order valence-electron chi connectivity index (χ2n) is 15.3. The first-order valence-electron chi connectivity index (χ1n) is 22.8. The van der Waals surface area contributed by atoms with Crippen LogP contribution in [0.4, 0.5) is 17.1 Å². The van der Waals surface area contributed by atoms with Crippen molar-refractivity contribution < 1.29 is 6.85 Å². The number of rotatable bonds is 8. The molecule has 10 aromatic carbocycles. The van der Waals surface area contributed by atoms with E-state index >= 15 is 0 Å². The molecule has 0 amide bonds. The fourth-order valence-electron chi connectivity index (χ4n) is 9.23. The van der Waals surface area contributed by atoms with Gasteiger partial charge in [-0.2, -0.15) is 0 Å². The number of anilines is 3. The summed E-state index contributed by atoms with van der Waals surface area (Å²) >= 11 is 0. The van der Waals surface area contributed by atoms with Gasteiger partial charge in [0.05, 0.1) is 12.3 Å². The summed E-state index contributed by atoms with van der Waals surface area (Å²) in [6, 6.07) is 75.7. The highest BCUT2D eigenvalue weighted by Crippen LogP contribution is 2.56. The van der Waals surface area contributed by atoms with E-state index in [-0.39, 0.29) is 29.7 Å². The van der Waals surface area contributed by atoms with Crippen LogP contribution in [0.3, 0.4) is 0 Å². The van der Waals surface area contributed by atoms with Gasteiger partial charge in [0.15, 0.2) is 0 Å². The van der Waals surface area contributed by atoms with E-state index in [1.54, 1.807) is 0 Å². The van der Waals surface area contributed by atoms with Crippen molar-refractivity contribution in [2.24, 2.45) is 0 Å². The van der Waals surface area contributed by atoms with Gasteiger partial charge in [-0.1, -0.05) is 200 Å². The molecule has 0 unspecified atom stereocenters. The van der Waals surface area contributed by atoms with Crippen LogP contribution in [0.2, 0.25) is 0 Å². The molecular formula is C59H41N. The van der Waals surface area contributed by atoms with Gasteiger partial charge in [0.1, 0.15) is 0 Å². The van der Waals surface area contributed by atoms with Crippen molar-refractivity contribution in [3.8, 4) is 44.5 Å². The van der Waals surface area contributed by atoms with Gasteiger partial charge in [-0.25, -0.2) is 0 Å². The van der Waals surface area contributed by atoms with Crippen LogP contribution in [-0.2, 0) is 5.41 Å². The number of nitrogens with zero attached hydrogens (tertiary/aromatic N) is 1. The minimum atomic E-state index is -0.480. The van der Waals surface area contributed by atoms with Crippen molar-refractivity contribution in [2.45, 2.75) is 5.41 Å². The Balaban J connectivity index is 1.00. The normalized spacial score (nSPS) is 13.6. The third kappa shape index (κ3) is 6.03. The third-order valence-corrected chi connectivity index (χ3v) is 12.0. The summed E-state index contributed by atoms with van der Waals surface area (Å²) < 4.78 is 41.7. The molecule has 0 heterocycles. The van der Waals surface area contributed by atoms with Crippen LogP contribution in [0.25, 0.3) is 55.3 Å². The standard InChI is InChI=1S/C59H41N/c1-5-15-42(16-6-1)44-27-33-52(34-28-44)60(53-35-29-45(30-36-53)43-17-7-2-8-18-43)54-37-31-47-39-46(25-26-48(47)40-54)49-32-38-56-55-23-13-14-24-57(55)59(58(56)41-49,50-19-9-3-10-20-50)51-21-11-4-12-22-51/h1-41H/i1D,5D,6D,15D,16D. The van der Waals surface area contributed by atoms with Crippen LogP contribution in [0.5, 0.6) is 0 Å². The molecule has 0 aromatic heterocycles. The summed E-state index contributed by atoms with van der Waals surface area (Å²) in [7, 11) is 0. The van der Waals surface area contributed by atoms with Gasteiger partial charge in [0.2, 0.25) is 0 Å². The number of hydrogen-bond donors (Lipinski definition) is 0. The fourth-order valence-corrected chi connectivity index (χ4v) is 9.23. The molecule has 1 aliphatic rings. The molecule has 1 nitrogen and oxygen atoms in total. The fraction of sp³-hybridized carbons (Fsp3) is 0.0169. The van der Waals surface area contributed by atoms with Crippen molar-refractivity contribution in [1.82, 2.24) is 0 Å². The highest BCUT2D eigenvalue weighted by atomic mass is 15.1. The summed E-state index contributed by atoms with van der Waals surface area (Å²) in [5.74, 6) is 0. The van der Waals surface area contributed by atoms with Gasteiger partial charge in [-0.15, -0.1) is 0 Å². The molecule has 0 saturated carbocycles. The van der Waals surface area contributed by atoms with E-state index in [1.807, 2.05) is 42.5 Å². The predicted octanol–water partition coefficient (Wildman–Crippen LogP) is 15.7. The van der Waals surface area contributed by atoms with Crippen LogP contribution < -0.4 is 4.90 Å². The quantitative estimate of drug-likeness (QED) is 0.149. The van der Waals surface area contributed by atoms with Crippen LogP contribution >= 0.6 is 0 Å². The highest BCUT2D eigenvalue weighted by molar-refractivity contribution is 5.94. The molecule has 10 aromatic rings. The Kier molecular flexibility index (Phi) is 7.53. The van der Waals surface area contributed by atoms with Crippen molar-refractivity contribution in [1.29, 1.82) is 0 Å².